The minimum absolute atomic E-state index is 0.00683. The van der Waals surface area contributed by atoms with E-state index in [0.29, 0.717) is 20.6 Å². The second-order valence-electron chi connectivity index (χ2n) is 4.51. The van der Waals surface area contributed by atoms with Crippen LogP contribution in [0.5, 0.6) is 0 Å². The molecule has 1 N–H and O–H groups in total. The van der Waals surface area contributed by atoms with Crippen molar-refractivity contribution in [1.82, 2.24) is 5.32 Å². The summed E-state index contributed by atoms with van der Waals surface area (Å²) >= 11 is 15.1. The van der Waals surface area contributed by atoms with Crippen molar-refractivity contribution in [3.05, 3.63) is 67.6 Å². The Balaban J connectivity index is 2.40. The normalized spacial score (nSPS) is 12.5. The number of benzene rings is 2. The van der Waals surface area contributed by atoms with Gasteiger partial charge in [0, 0.05) is 26.7 Å². The lowest BCUT2D eigenvalue weighted by Gasteiger charge is -2.19. The molecule has 6 heteroatoms. The van der Waals surface area contributed by atoms with Gasteiger partial charge in [0.05, 0.1) is 5.02 Å². The minimum atomic E-state index is -0.530. The maximum atomic E-state index is 14.3. The molecular formula is C15H12BrCl2F2N. The molecule has 1 nitrogen and oxygen atoms in total. The lowest BCUT2D eigenvalue weighted by atomic mass is 9.98. The van der Waals surface area contributed by atoms with Gasteiger partial charge in [-0.3, -0.25) is 0 Å². The van der Waals surface area contributed by atoms with Gasteiger partial charge in [-0.25, -0.2) is 8.78 Å². The Morgan fingerprint density at radius 3 is 2.52 bits per heavy atom. The summed E-state index contributed by atoms with van der Waals surface area (Å²) in [5.74, 6) is -0.941. The van der Waals surface area contributed by atoms with Crippen LogP contribution in [0.1, 0.15) is 17.2 Å². The van der Waals surface area contributed by atoms with Crippen LogP contribution in [0.15, 0.2) is 34.8 Å². The average Bonchev–Trinajstić information content (AvgIpc) is 2.46. The molecule has 0 heterocycles. The number of halogens is 5. The molecule has 112 valence electrons. The maximum absolute atomic E-state index is 14.3. The van der Waals surface area contributed by atoms with Gasteiger partial charge in [-0.15, -0.1) is 0 Å². The number of hydrogen-bond donors (Lipinski definition) is 1. The van der Waals surface area contributed by atoms with Crippen LogP contribution in [-0.2, 0) is 6.42 Å². The van der Waals surface area contributed by atoms with E-state index in [1.54, 1.807) is 25.2 Å². The zero-order chi connectivity index (χ0) is 15.6. The quantitative estimate of drug-likeness (QED) is 0.671. The first-order valence-corrected chi connectivity index (χ1v) is 7.74. The summed E-state index contributed by atoms with van der Waals surface area (Å²) in [7, 11) is 1.68. The number of likely N-dealkylation sites (N-methyl/N-ethyl adjacent to an activating group) is 1. The van der Waals surface area contributed by atoms with Crippen LogP contribution in [0, 0.1) is 11.6 Å². The third-order valence-electron chi connectivity index (χ3n) is 3.26. The summed E-state index contributed by atoms with van der Waals surface area (Å²) in [5.41, 5.74) is 0.710. The van der Waals surface area contributed by atoms with Gasteiger partial charge >= 0.3 is 0 Å². The van der Waals surface area contributed by atoms with Gasteiger partial charge in [-0.1, -0.05) is 35.3 Å². The van der Waals surface area contributed by atoms with E-state index in [-0.39, 0.29) is 11.4 Å². The Labute approximate surface area is 140 Å². The molecule has 1 unspecified atom stereocenters. The lowest BCUT2D eigenvalue weighted by Crippen LogP contribution is -2.21. The summed E-state index contributed by atoms with van der Waals surface area (Å²) in [5, 5.41) is 3.29. The molecule has 0 saturated heterocycles. The molecule has 0 radical (unpaired) electrons. The lowest BCUT2D eigenvalue weighted by molar-refractivity contribution is 0.519. The number of rotatable bonds is 4. The summed E-state index contributed by atoms with van der Waals surface area (Å²) < 4.78 is 28.6. The standard InChI is InChI=1S/C15H12BrCl2F2N/c1-21-13(7-9-11(17)3-2-4-12(9)19)8-5-6-10(16)14(18)15(8)20/h2-6,13,21H,7H2,1H3. The summed E-state index contributed by atoms with van der Waals surface area (Å²) in [6, 6.07) is 7.31. The highest BCUT2D eigenvalue weighted by atomic mass is 79.9. The highest BCUT2D eigenvalue weighted by Gasteiger charge is 2.20. The Morgan fingerprint density at radius 2 is 1.90 bits per heavy atom. The molecule has 0 aliphatic carbocycles. The second-order valence-corrected chi connectivity index (χ2v) is 6.15. The highest BCUT2D eigenvalue weighted by molar-refractivity contribution is 9.10. The van der Waals surface area contributed by atoms with E-state index in [1.165, 1.54) is 12.1 Å². The number of nitrogens with one attached hydrogen (secondary N) is 1. The molecular weight excluding hydrogens is 383 g/mol. The van der Waals surface area contributed by atoms with Crippen molar-refractivity contribution in [3.63, 3.8) is 0 Å². The molecule has 0 bridgehead atoms. The fourth-order valence-electron chi connectivity index (χ4n) is 2.11. The molecule has 0 amide bonds. The van der Waals surface area contributed by atoms with Crippen molar-refractivity contribution < 1.29 is 8.78 Å². The van der Waals surface area contributed by atoms with Gasteiger partial charge in [-0.2, -0.15) is 0 Å². The van der Waals surface area contributed by atoms with Crippen LogP contribution < -0.4 is 5.32 Å². The van der Waals surface area contributed by atoms with Crippen LogP contribution >= 0.6 is 39.1 Å². The predicted molar refractivity (Wildman–Crippen MR) is 86.0 cm³/mol. The molecule has 1 atom stereocenters. The Hall–Kier alpha value is -0.680. The fraction of sp³-hybridized carbons (Fsp3) is 0.200. The van der Waals surface area contributed by atoms with E-state index in [2.05, 4.69) is 21.2 Å². The van der Waals surface area contributed by atoms with Crippen molar-refractivity contribution in [2.75, 3.05) is 7.05 Å². The zero-order valence-electron chi connectivity index (χ0n) is 11.1. The van der Waals surface area contributed by atoms with Crippen molar-refractivity contribution in [3.8, 4) is 0 Å². The third-order valence-corrected chi connectivity index (χ3v) is 4.87. The van der Waals surface area contributed by atoms with Crippen LogP contribution in [-0.4, -0.2) is 7.05 Å². The molecule has 2 aromatic rings. The van der Waals surface area contributed by atoms with Crippen LogP contribution in [0.25, 0.3) is 0 Å². The molecule has 0 saturated carbocycles. The zero-order valence-corrected chi connectivity index (χ0v) is 14.2. The molecule has 0 aromatic heterocycles. The summed E-state index contributed by atoms with van der Waals surface area (Å²) in [4.78, 5) is 0. The first kappa shape index (κ1) is 16.7. The second kappa shape index (κ2) is 7.05. The molecule has 0 aliphatic rings. The van der Waals surface area contributed by atoms with Crippen molar-refractivity contribution in [2.45, 2.75) is 12.5 Å². The van der Waals surface area contributed by atoms with E-state index in [1.807, 2.05) is 0 Å². The molecule has 0 fully saturated rings. The van der Waals surface area contributed by atoms with Gasteiger partial charge < -0.3 is 5.32 Å². The van der Waals surface area contributed by atoms with E-state index in [9.17, 15) is 8.78 Å². The molecule has 2 aromatic carbocycles. The molecule has 21 heavy (non-hydrogen) atoms. The minimum Gasteiger partial charge on any atom is -0.313 e. The summed E-state index contributed by atoms with van der Waals surface area (Å²) in [6.07, 6.45) is 0.219. The van der Waals surface area contributed by atoms with E-state index in [4.69, 9.17) is 23.2 Å². The Bertz CT molecular complexity index is 644. The van der Waals surface area contributed by atoms with Crippen LogP contribution in [0.2, 0.25) is 10.0 Å². The van der Waals surface area contributed by atoms with Crippen molar-refractivity contribution in [1.29, 1.82) is 0 Å². The predicted octanol–water partition coefficient (Wildman–Crippen LogP) is 5.54. The fourth-order valence-corrected chi connectivity index (χ4v) is 2.83. The summed E-state index contributed by atoms with van der Waals surface area (Å²) in [6.45, 7) is 0. The Morgan fingerprint density at radius 1 is 1.19 bits per heavy atom. The van der Waals surface area contributed by atoms with Crippen molar-refractivity contribution >= 4 is 39.1 Å². The first-order chi connectivity index (χ1) is 9.95. The average molecular weight is 395 g/mol. The van der Waals surface area contributed by atoms with Crippen molar-refractivity contribution in [2.24, 2.45) is 0 Å². The highest BCUT2D eigenvalue weighted by Crippen LogP contribution is 2.33. The van der Waals surface area contributed by atoms with E-state index < -0.39 is 17.7 Å². The van der Waals surface area contributed by atoms with Gasteiger partial charge in [0.15, 0.2) is 0 Å². The van der Waals surface area contributed by atoms with E-state index in [0.717, 1.165) is 0 Å². The van der Waals surface area contributed by atoms with Gasteiger partial charge in [0.1, 0.15) is 11.6 Å². The monoisotopic (exact) mass is 393 g/mol. The van der Waals surface area contributed by atoms with E-state index >= 15 is 0 Å². The largest absolute Gasteiger partial charge is 0.313 e. The maximum Gasteiger partial charge on any atom is 0.147 e. The smallest absolute Gasteiger partial charge is 0.147 e. The first-order valence-electron chi connectivity index (χ1n) is 6.19. The SMILES string of the molecule is CNC(Cc1c(F)cccc1Cl)c1ccc(Br)c(Cl)c1F. The van der Waals surface area contributed by atoms with Crippen LogP contribution in [0.3, 0.4) is 0 Å². The number of hydrogen-bond acceptors (Lipinski definition) is 1. The molecule has 0 spiro atoms. The molecule has 0 aliphatic heterocycles. The third kappa shape index (κ3) is 3.57. The topological polar surface area (TPSA) is 12.0 Å². The van der Waals surface area contributed by atoms with Gasteiger partial charge in [0.2, 0.25) is 0 Å². The van der Waals surface area contributed by atoms with Crippen LogP contribution in [0.4, 0.5) is 8.78 Å². The van der Waals surface area contributed by atoms with Gasteiger partial charge in [0.25, 0.3) is 0 Å². The Kier molecular flexibility index (Phi) is 5.60. The molecule has 2 rings (SSSR count). The van der Waals surface area contributed by atoms with Gasteiger partial charge in [-0.05, 0) is 47.6 Å².